The molecule has 9 nitrogen and oxygen atoms in total. The van der Waals surface area contributed by atoms with Gasteiger partial charge in [-0.1, -0.05) is 36.4 Å². The van der Waals surface area contributed by atoms with Crippen LogP contribution in [0.15, 0.2) is 88.7 Å². The molecule has 2 aromatic carbocycles. The zero-order valence-corrected chi connectivity index (χ0v) is 21.8. The van der Waals surface area contributed by atoms with Crippen molar-refractivity contribution >= 4 is 23.2 Å². The molecule has 0 aliphatic carbocycles. The van der Waals surface area contributed by atoms with E-state index in [2.05, 4.69) is 20.7 Å². The number of carbonyl (C=O) groups excluding carboxylic acids is 2. The van der Waals surface area contributed by atoms with Gasteiger partial charge in [0.25, 0.3) is 5.91 Å². The molecule has 39 heavy (non-hydrogen) atoms. The number of halogens is 1. The molecule has 3 heterocycles. The summed E-state index contributed by atoms with van der Waals surface area (Å²) in [5, 5.41) is 17.2. The molecular weight excluding hydrogens is 519 g/mol. The Morgan fingerprint density at radius 3 is 2.54 bits per heavy atom. The lowest BCUT2D eigenvalue weighted by atomic mass is 10.1. The number of nitrogens with zero attached hydrogens (tertiary/aromatic N) is 5. The minimum absolute atomic E-state index is 0.180. The van der Waals surface area contributed by atoms with Gasteiger partial charge in [-0.3, -0.25) is 9.59 Å². The number of nitrogens with one attached hydrogen (secondary N) is 1. The molecular formula is C28H25FN6O3S. The van der Waals surface area contributed by atoms with E-state index >= 15 is 0 Å². The van der Waals surface area contributed by atoms with Crippen molar-refractivity contribution in [3.05, 3.63) is 112 Å². The minimum Gasteiger partial charge on any atom is -0.464 e. The summed E-state index contributed by atoms with van der Waals surface area (Å²) in [6.07, 6.45) is 0. The van der Waals surface area contributed by atoms with Crippen LogP contribution in [0.5, 0.6) is 0 Å². The maximum atomic E-state index is 13.8. The summed E-state index contributed by atoms with van der Waals surface area (Å²) in [6.45, 7) is 1.99. The Morgan fingerprint density at radius 1 is 1.05 bits per heavy atom. The average molecular weight is 545 g/mol. The molecule has 0 bridgehead atoms. The summed E-state index contributed by atoms with van der Waals surface area (Å²) < 4.78 is 19.2. The van der Waals surface area contributed by atoms with Gasteiger partial charge in [0.05, 0.1) is 6.54 Å². The van der Waals surface area contributed by atoms with Crippen molar-refractivity contribution in [1.82, 2.24) is 30.4 Å². The topological polar surface area (TPSA) is 106 Å². The summed E-state index contributed by atoms with van der Waals surface area (Å²) in [5.74, 6) is 0.0662. The molecule has 5 aromatic rings. The number of carbonyl (C=O) groups is 2. The smallest absolute Gasteiger partial charge is 0.251 e. The van der Waals surface area contributed by atoms with E-state index in [1.54, 1.807) is 19.1 Å². The molecule has 198 valence electrons. The van der Waals surface area contributed by atoms with Crippen LogP contribution in [0.25, 0.3) is 11.4 Å². The third-order valence-electron chi connectivity index (χ3n) is 5.96. The van der Waals surface area contributed by atoms with Crippen molar-refractivity contribution in [2.45, 2.75) is 32.6 Å². The first-order valence-corrected chi connectivity index (χ1v) is 13.1. The maximum Gasteiger partial charge on any atom is 0.251 e. The van der Waals surface area contributed by atoms with E-state index in [0.717, 1.165) is 15.2 Å². The highest BCUT2D eigenvalue weighted by molar-refractivity contribution is 7.09. The number of aryl methyl sites for hydroxylation is 1. The van der Waals surface area contributed by atoms with Crippen LogP contribution in [0.2, 0.25) is 0 Å². The number of hydrogen-bond donors (Lipinski definition) is 1. The van der Waals surface area contributed by atoms with Gasteiger partial charge >= 0.3 is 0 Å². The number of rotatable bonds is 10. The molecule has 0 aliphatic rings. The number of hydrogen-bond acceptors (Lipinski definition) is 7. The van der Waals surface area contributed by atoms with Gasteiger partial charge in [-0.15, -0.1) is 21.5 Å². The quantitative estimate of drug-likeness (QED) is 0.277. The first-order valence-electron chi connectivity index (χ1n) is 12.2. The fourth-order valence-electron chi connectivity index (χ4n) is 4.04. The van der Waals surface area contributed by atoms with Crippen LogP contribution in [0.3, 0.4) is 0 Å². The number of furan rings is 1. The van der Waals surface area contributed by atoms with Crippen LogP contribution in [-0.2, 0) is 29.2 Å². The van der Waals surface area contributed by atoms with Gasteiger partial charge in [-0.25, -0.2) is 4.39 Å². The molecule has 0 fully saturated rings. The van der Waals surface area contributed by atoms with Gasteiger partial charge in [-0.05, 0) is 65.5 Å². The van der Waals surface area contributed by atoms with E-state index in [9.17, 15) is 14.0 Å². The van der Waals surface area contributed by atoms with Gasteiger partial charge in [0.15, 0.2) is 6.04 Å². The number of amides is 2. The van der Waals surface area contributed by atoms with Crippen molar-refractivity contribution in [2.75, 3.05) is 0 Å². The SMILES string of the molecule is Cc1ccc([C@@H](C(=O)NCc2ccccc2)N(Cc2cccs2)C(=O)Cn2nnc(-c3ccc(F)cc3)n2)o1. The van der Waals surface area contributed by atoms with Crippen LogP contribution in [0, 0.1) is 12.7 Å². The van der Waals surface area contributed by atoms with Crippen molar-refractivity contribution in [2.24, 2.45) is 0 Å². The minimum atomic E-state index is -1.03. The van der Waals surface area contributed by atoms with Crippen molar-refractivity contribution in [3.8, 4) is 11.4 Å². The second-order valence-electron chi connectivity index (χ2n) is 8.81. The molecule has 5 rings (SSSR count). The van der Waals surface area contributed by atoms with Gasteiger partial charge in [0, 0.05) is 17.0 Å². The molecule has 0 saturated heterocycles. The van der Waals surface area contributed by atoms with E-state index in [1.165, 1.54) is 40.5 Å². The van der Waals surface area contributed by atoms with E-state index in [4.69, 9.17) is 4.42 Å². The second-order valence-corrected chi connectivity index (χ2v) is 9.84. The summed E-state index contributed by atoms with van der Waals surface area (Å²) in [7, 11) is 0. The first-order chi connectivity index (χ1) is 19.0. The highest BCUT2D eigenvalue weighted by Crippen LogP contribution is 2.27. The third-order valence-corrected chi connectivity index (χ3v) is 6.82. The predicted octanol–water partition coefficient (Wildman–Crippen LogP) is 4.53. The molecule has 11 heteroatoms. The average Bonchev–Trinajstić information content (AvgIpc) is 3.71. The molecule has 0 spiro atoms. The Labute approximate surface area is 227 Å². The number of thiophene rings is 1. The van der Waals surface area contributed by atoms with Gasteiger partial charge in [-0.2, -0.15) is 4.80 Å². The maximum absolute atomic E-state index is 13.8. The van der Waals surface area contributed by atoms with E-state index in [-0.39, 0.29) is 30.6 Å². The monoisotopic (exact) mass is 544 g/mol. The molecule has 0 unspecified atom stereocenters. The van der Waals surface area contributed by atoms with Crippen LogP contribution in [0.4, 0.5) is 4.39 Å². The Bertz CT molecular complexity index is 1530. The fourth-order valence-corrected chi connectivity index (χ4v) is 4.74. The highest BCUT2D eigenvalue weighted by atomic mass is 32.1. The number of tetrazole rings is 1. The van der Waals surface area contributed by atoms with Crippen LogP contribution >= 0.6 is 11.3 Å². The standard InChI is InChI=1S/C28H25FN6O3S/c1-19-9-14-24(38-19)26(28(37)30-16-20-6-3-2-4-7-20)34(17-23-8-5-15-39-23)25(36)18-35-32-27(31-33-35)21-10-12-22(29)13-11-21/h2-15,26H,16-18H2,1H3,(H,30,37)/t26-/m0/s1. The molecule has 0 saturated carbocycles. The van der Waals surface area contributed by atoms with Crippen molar-refractivity contribution < 1.29 is 18.4 Å². The Morgan fingerprint density at radius 2 is 1.85 bits per heavy atom. The van der Waals surface area contributed by atoms with Gasteiger partial charge < -0.3 is 14.6 Å². The van der Waals surface area contributed by atoms with Crippen molar-refractivity contribution in [3.63, 3.8) is 0 Å². The first kappa shape index (κ1) is 26.0. The molecule has 0 radical (unpaired) electrons. The summed E-state index contributed by atoms with van der Waals surface area (Å²) >= 11 is 1.48. The van der Waals surface area contributed by atoms with Crippen LogP contribution in [0.1, 0.15) is 28.0 Å². The fraction of sp³-hybridized carbons (Fsp3) is 0.179. The largest absolute Gasteiger partial charge is 0.464 e. The number of benzene rings is 2. The third kappa shape index (κ3) is 6.44. The van der Waals surface area contributed by atoms with Crippen molar-refractivity contribution in [1.29, 1.82) is 0 Å². The predicted molar refractivity (Wildman–Crippen MR) is 143 cm³/mol. The lowest BCUT2D eigenvalue weighted by molar-refractivity contribution is -0.143. The Balaban J connectivity index is 1.42. The van der Waals surface area contributed by atoms with Crippen LogP contribution in [-0.4, -0.2) is 36.9 Å². The normalized spacial score (nSPS) is 11.7. The Hall–Kier alpha value is -4.64. The van der Waals surface area contributed by atoms with E-state index in [1.807, 2.05) is 47.8 Å². The van der Waals surface area contributed by atoms with E-state index < -0.39 is 11.9 Å². The molecule has 1 atom stereocenters. The van der Waals surface area contributed by atoms with E-state index in [0.29, 0.717) is 23.6 Å². The summed E-state index contributed by atoms with van der Waals surface area (Å²) in [5.41, 5.74) is 1.49. The molecule has 1 N–H and O–H groups in total. The number of aromatic nitrogens is 4. The molecule has 3 aromatic heterocycles. The zero-order chi connectivity index (χ0) is 27.2. The second kappa shape index (κ2) is 11.8. The summed E-state index contributed by atoms with van der Waals surface area (Å²) in [6, 6.07) is 21.4. The highest BCUT2D eigenvalue weighted by Gasteiger charge is 2.34. The lowest BCUT2D eigenvalue weighted by Crippen LogP contribution is -2.44. The summed E-state index contributed by atoms with van der Waals surface area (Å²) in [4.78, 5) is 30.9. The van der Waals surface area contributed by atoms with Gasteiger partial charge in [0.1, 0.15) is 23.9 Å². The zero-order valence-electron chi connectivity index (χ0n) is 21.0. The molecule has 2 amide bonds. The van der Waals surface area contributed by atoms with Gasteiger partial charge in [0.2, 0.25) is 11.7 Å². The lowest BCUT2D eigenvalue weighted by Gasteiger charge is -2.29. The van der Waals surface area contributed by atoms with Crippen LogP contribution < -0.4 is 5.32 Å². The Kier molecular flexibility index (Phi) is 7.88. The molecule has 0 aliphatic heterocycles.